The zero-order valence-corrected chi connectivity index (χ0v) is 15.6. The maximum atomic E-state index is 5.66. The van der Waals surface area contributed by atoms with Crippen molar-refractivity contribution in [3.05, 3.63) is 55.4 Å². The molecule has 9 nitrogen and oxygen atoms in total. The van der Waals surface area contributed by atoms with Gasteiger partial charge in [0.15, 0.2) is 5.65 Å². The summed E-state index contributed by atoms with van der Waals surface area (Å²) >= 11 is 0. The molecular weight excluding hydrogens is 356 g/mol. The highest BCUT2D eigenvalue weighted by Gasteiger charge is 2.08. The molecule has 0 aliphatic carbocycles. The molecule has 0 saturated carbocycles. The first-order valence-electron chi connectivity index (χ1n) is 8.80. The fourth-order valence-corrected chi connectivity index (χ4v) is 2.58. The Hall–Kier alpha value is -3.59. The Labute approximate surface area is 162 Å². The third-order valence-corrected chi connectivity index (χ3v) is 4.01. The molecule has 0 bridgehead atoms. The predicted molar refractivity (Wildman–Crippen MR) is 106 cm³/mol. The minimum Gasteiger partial charge on any atom is -0.491 e. The normalized spacial score (nSPS) is 11.1. The number of likely N-dealkylation sites (N-methyl/N-ethyl adjacent to an activating group) is 1. The fraction of sp³-hybridized carbons (Fsp3) is 0.211. The molecule has 4 heterocycles. The van der Waals surface area contributed by atoms with Crippen LogP contribution in [-0.4, -0.2) is 61.6 Å². The van der Waals surface area contributed by atoms with Crippen molar-refractivity contribution in [2.24, 2.45) is 0 Å². The number of hydrogen-bond acceptors (Lipinski definition) is 8. The Kier molecular flexibility index (Phi) is 5.07. The van der Waals surface area contributed by atoms with Crippen LogP contribution in [-0.2, 0) is 0 Å². The molecular formula is C19H20N8O. The second-order valence-corrected chi connectivity index (χ2v) is 6.38. The minimum atomic E-state index is 0.615. The number of hydrogen-bond donors (Lipinski definition) is 1. The summed E-state index contributed by atoms with van der Waals surface area (Å²) in [5.74, 6) is 2.68. The van der Waals surface area contributed by atoms with Crippen molar-refractivity contribution in [3.63, 3.8) is 0 Å². The highest BCUT2D eigenvalue weighted by molar-refractivity contribution is 5.72. The molecule has 9 heteroatoms. The van der Waals surface area contributed by atoms with E-state index < -0.39 is 0 Å². The largest absolute Gasteiger partial charge is 0.491 e. The van der Waals surface area contributed by atoms with E-state index in [4.69, 9.17) is 4.74 Å². The van der Waals surface area contributed by atoms with Gasteiger partial charge < -0.3 is 15.0 Å². The van der Waals surface area contributed by atoms with Gasteiger partial charge in [-0.1, -0.05) is 0 Å². The Morgan fingerprint density at radius 2 is 1.96 bits per heavy atom. The van der Waals surface area contributed by atoms with Crippen LogP contribution in [0.25, 0.3) is 17.0 Å². The van der Waals surface area contributed by atoms with Gasteiger partial charge in [0, 0.05) is 18.8 Å². The lowest BCUT2D eigenvalue weighted by Gasteiger charge is -2.11. The number of rotatable bonds is 7. The second-order valence-electron chi connectivity index (χ2n) is 6.38. The quantitative estimate of drug-likeness (QED) is 0.525. The van der Waals surface area contributed by atoms with Gasteiger partial charge in [-0.25, -0.2) is 24.9 Å². The Bertz CT molecular complexity index is 1060. The van der Waals surface area contributed by atoms with Gasteiger partial charge >= 0.3 is 0 Å². The van der Waals surface area contributed by atoms with E-state index >= 15 is 0 Å². The second kappa shape index (κ2) is 7.97. The van der Waals surface area contributed by atoms with E-state index in [1.54, 1.807) is 18.7 Å². The lowest BCUT2D eigenvalue weighted by atomic mass is 10.4. The maximum absolute atomic E-state index is 5.66. The summed E-state index contributed by atoms with van der Waals surface area (Å²) in [6, 6.07) is 9.30. The molecule has 28 heavy (non-hydrogen) atoms. The predicted octanol–water partition coefficient (Wildman–Crippen LogP) is 2.29. The van der Waals surface area contributed by atoms with Gasteiger partial charge in [-0.3, -0.25) is 4.57 Å². The number of imidazole rings is 1. The van der Waals surface area contributed by atoms with Gasteiger partial charge in [0.1, 0.15) is 48.0 Å². The van der Waals surface area contributed by atoms with E-state index in [1.807, 2.05) is 49.0 Å². The Morgan fingerprint density at radius 1 is 1.04 bits per heavy atom. The fourth-order valence-electron chi connectivity index (χ4n) is 2.58. The van der Waals surface area contributed by atoms with Crippen LogP contribution in [0, 0.1) is 0 Å². The molecule has 4 aromatic heterocycles. The molecule has 4 rings (SSSR count). The molecule has 0 spiro atoms. The molecule has 0 atom stereocenters. The first-order chi connectivity index (χ1) is 13.7. The van der Waals surface area contributed by atoms with Crippen LogP contribution in [0.4, 0.5) is 11.6 Å². The average molecular weight is 376 g/mol. The van der Waals surface area contributed by atoms with Gasteiger partial charge in [0.05, 0.1) is 6.20 Å². The highest BCUT2D eigenvalue weighted by atomic mass is 16.5. The number of pyridine rings is 2. The summed E-state index contributed by atoms with van der Waals surface area (Å²) in [6.45, 7) is 1.46. The molecule has 1 N–H and O–H groups in total. The van der Waals surface area contributed by atoms with Crippen molar-refractivity contribution in [1.82, 2.24) is 34.4 Å². The molecule has 0 aromatic carbocycles. The summed E-state index contributed by atoms with van der Waals surface area (Å²) in [7, 11) is 4.01. The van der Waals surface area contributed by atoms with Crippen molar-refractivity contribution >= 4 is 22.8 Å². The highest BCUT2D eigenvalue weighted by Crippen LogP contribution is 2.19. The zero-order chi connectivity index (χ0) is 19.3. The first kappa shape index (κ1) is 17.8. The Morgan fingerprint density at radius 3 is 2.79 bits per heavy atom. The van der Waals surface area contributed by atoms with Crippen molar-refractivity contribution < 1.29 is 4.74 Å². The van der Waals surface area contributed by atoms with E-state index in [0.29, 0.717) is 24.1 Å². The van der Waals surface area contributed by atoms with Crippen LogP contribution in [0.3, 0.4) is 0 Å². The molecule has 0 aliphatic rings. The van der Waals surface area contributed by atoms with E-state index in [0.717, 1.165) is 23.5 Å². The number of nitrogens with zero attached hydrogens (tertiary/aromatic N) is 7. The van der Waals surface area contributed by atoms with Crippen LogP contribution in [0.15, 0.2) is 55.4 Å². The number of aromatic nitrogens is 6. The SMILES string of the molecule is CN(C)CCOc1ccc(Nc2cc(-n3cnc4cccnc43)ncn2)nc1. The van der Waals surface area contributed by atoms with E-state index in [9.17, 15) is 0 Å². The third-order valence-electron chi connectivity index (χ3n) is 4.01. The molecule has 0 radical (unpaired) electrons. The lowest BCUT2D eigenvalue weighted by molar-refractivity contribution is 0.260. The van der Waals surface area contributed by atoms with Gasteiger partial charge in [-0.2, -0.15) is 0 Å². The smallest absolute Gasteiger partial charge is 0.165 e. The van der Waals surface area contributed by atoms with Crippen LogP contribution in [0.1, 0.15) is 0 Å². The summed E-state index contributed by atoms with van der Waals surface area (Å²) in [5.41, 5.74) is 1.55. The van der Waals surface area contributed by atoms with Crippen LogP contribution in [0.5, 0.6) is 5.75 Å². The molecule has 0 fully saturated rings. The maximum Gasteiger partial charge on any atom is 0.165 e. The summed E-state index contributed by atoms with van der Waals surface area (Å²) in [5, 5.41) is 3.18. The molecule has 142 valence electrons. The van der Waals surface area contributed by atoms with Crippen molar-refractivity contribution in [2.75, 3.05) is 32.6 Å². The topological polar surface area (TPSA) is 93.9 Å². The van der Waals surface area contributed by atoms with Gasteiger partial charge in [-0.05, 0) is 38.4 Å². The Balaban J connectivity index is 1.48. The number of ether oxygens (including phenoxy) is 1. The van der Waals surface area contributed by atoms with Crippen molar-refractivity contribution in [3.8, 4) is 11.6 Å². The monoisotopic (exact) mass is 376 g/mol. The van der Waals surface area contributed by atoms with Crippen molar-refractivity contribution in [1.29, 1.82) is 0 Å². The standard InChI is InChI=1S/C19H20N8O/c1-26(2)8-9-28-14-5-6-16(21-11-14)25-17-10-18(23-12-22-17)27-13-24-15-4-3-7-20-19(15)27/h3-7,10-13H,8-9H2,1-2H3,(H,21,22,23,25). The van der Waals surface area contributed by atoms with Gasteiger partial charge in [0.25, 0.3) is 0 Å². The van der Waals surface area contributed by atoms with E-state index in [1.165, 1.54) is 6.33 Å². The van der Waals surface area contributed by atoms with Crippen molar-refractivity contribution in [2.45, 2.75) is 0 Å². The molecule has 0 unspecified atom stereocenters. The third kappa shape index (κ3) is 4.04. The van der Waals surface area contributed by atoms with Gasteiger partial charge in [-0.15, -0.1) is 0 Å². The van der Waals surface area contributed by atoms with Gasteiger partial charge in [0.2, 0.25) is 0 Å². The average Bonchev–Trinajstić information content (AvgIpc) is 3.13. The number of nitrogens with one attached hydrogen (secondary N) is 1. The lowest BCUT2D eigenvalue weighted by Crippen LogP contribution is -2.19. The van der Waals surface area contributed by atoms with Crippen LogP contribution >= 0.6 is 0 Å². The molecule has 0 saturated heterocycles. The molecule has 0 amide bonds. The summed E-state index contributed by atoms with van der Waals surface area (Å²) in [4.78, 5) is 23.7. The zero-order valence-electron chi connectivity index (χ0n) is 15.6. The number of fused-ring (bicyclic) bond motifs is 1. The van der Waals surface area contributed by atoms with Crippen LogP contribution < -0.4 is 10.1 Å². The minimum absolute atomic E-state index is 0.615. The van der Waals surface area contributed by atoms with E-state index in [-0.39, 0.29) is 0 Å². The van der Waals surface area contributed by atoms with Crippen LogP contribution in [0.2, 0.25) is 0 Å². The first-order valence-corrected chi connectivity index (χ1v) is 8.80. The summed E-state index contributed by atoms with van der Waals surface area (Å²) in [6.07, 6.45) is 6.60. The summed E-state index contributed by atoms with van der Waals surface area (Å²) < 4.78 is 7.47. The van der Waals surface area contributed by atoms with E-state index in [2.05, 4.69) is 35.1 Å². The number of anilines is 2. The molecule has 4 aromatic rings. The molecule has 0 aliphatic heterocycles.